The summed E-state index contributed by atoms with van der Waals surface area (Å²) < 4.78 is 37.0. The first-order chi connectivity index (χ1) is 13.4. The largest absolute Gasteiger partial charge is 0.484 e. The van der Waals surface area contributed by atoms with Crippen LogP contribution in [0, 0.1) is 0 Å². The highest BCUT2D eigenvalue weighted by molar-refractivity contribution is 5.94. The molecule has 1 amide bonds. The minimum atomic E-state index is -2.69. The summed E-state index contributed by atoms with van der Waals surface area (Å²) in [5.41, 5.74) is 0.807. The Bertz CT molecular complexity index is 925. The molecule has 8 heteroatoms. The monoisotopic (exact) mass is 389 g/mol. The molecule has 1 N–H and O–H groups in total. The van der Waals surface area contributed by atoms with Gasteiger partial charge in [0.1, 0.15) is 17.2 Å². The van der Waals surface area contributed by atoms with Crippen molar-refractivity contribution >= 4 is 11.9 Å². The third kappa shape index (κ3) is 3.37. The Balaban J connectivity index is 1.59. The van der Waals surface area contributed by atoms with Crippen molar-refractivity contribution in [3.05, 3.63) is 53.1 Å². The quantitative estimate of drug-likeness (QED) is 0.846. The van der Waals surface area contributed by atoms with Gasteiger partial charge < -0.3 is 19.5 Å². The van der Waals surface area contributed by atoms with Gasteiger partial charge in [0.05, 0.1) is 5.56 Å². The molecule has 0 saturated carbocycles. The zero-order chi connectivity index (χ0) is 19.8. The number of likely N-dealkylation sites (tertiary alicyclic amines) is 1. The molecular formula is C20H17F2NO5. The normalized spacial score (nSPS) is 17.7. The highest BCUT2D eigenvalue weighted by Crippen LogP contribution is 2.40. The summed E-state index contributed by atoms with van der Waals surface area (Å²) in [6, 6.07) is 8.94. The van der Waals surface area contributed by atoms with Crippen molar-refractivity contribution in [3.63, 3.8) is 0 Å². The first-order valence-electron chi connectivity index (χ1n) is 8.84. The number of rotatable bonds is 5. The lowest BCUT2D eigenvalue weighted by Gasteiger charge is -2.30. The van der Waals surface area contributed by atoms with Gasteiger partial charge in [-0.3, -0.25) is 4.79 Å². The maximum absolute atomic E-state index is 13.0. The number of carboxylic acids is 1. The highest BCUT2D eigenvalue weighted by atomic mass is 19.3. The Hall–Kier alpha value is -3.16. The van der Waals surface area contributed by atoms with Gasteiger partial charge in [0.2, 0.25) is 0 Å². The number of alkyl halides is 2. The average molecular weight is 389 g/mol. The number of amides is 1. The molecule has 28 heavy (non-hydrogen) atoms. The number of ether oxygens (including phenoxy) is 2. The van der Waals surface area contributed by atoms with Crippen molar-refractivity contribution in [1.82, 2.24) is 4.90 Å². The van der Waals surface area contributed by atoms with Gasteiger partial charge in [-0.05, 0) is 42.8 Å². The summed E-state index contributed by atoms with van der Waals surface area (Å²) in [6.07, 6.45) is -3.11. The van der Waals surface area contributed by atoms with Crippen LogP contribution in [0.5, 0.6) is 17.2 Å². The van der Waals surface area contributed by atoms with Gasteiger partial charge in [-0.2, -0.15) is 0 Å². The number of hydrogen-bond acceptors (Lipinski definition) is 4. The number of carbonyl (C=O) groups is 2. The zero-order valence-electron chi connectivity index (χ0n) is 14.7. The van der Waals surface area contributed by atoms with Crippen LogP contribution in [-0.2, 0) is 6.42 Å². The summed E-state index contributed by atoms with van der Waals surface area (Å²) >= 11 is 0. The van der Waals surface area contributed by atoms with Crippen molar-refractivity contribution < 1.29 is 33.0 Å². The first-order valence-corrected chi connectivity index (χ1v) is 8.84. The van der Waals surface area contributed by atoms with Crippen LogP contribution < -0.4 is 9.47 Å². The number of carboxylic acid groups (broad SMARTS) is 1. The second-order valence-electron chi connectivity index (χ2n) is 6.72. The van der Waals surface area contributed by atoms with Crippen LogP contribution in [0.15, 0.2) is 36.4 Å². The second-order valence-corrected chi connectivity index (χ2v) is 6.72. The summed E-state index contributed by atoms with van der Waals surface area (Å²) in [7, 11) is 0. The van der Waals surface area contributed by atoms with E-state index in [4.69, 9.17) is 9.47 Å². The number of benzene rings is 2. The molecule has 1 saturated heterocycles. The molecule has 0 spiro atoms. The van der Waals surface area contributed by atoms with Crippen LogP contribution in [0.3, 0.4) is 0 Å². The Morgan fingerprint density at radius 3 is 2.43 bits per heavy atom. The van der Waals surface area contributed by atoms with E-state index < -0.39 is 18.5 Å². The van der Waals surface area contributed by atoms with Crippen LogP contribution in [0.2, 0.25) is 0 Å². The highest BCUT2D eigenvalue weighted by Gasteiger charge is 2.34. The van der Waals surface area contributed by atoms with Gasteiger partial charge in [0.15, 0.2) is 6.10 Å². The maximum Gasteiger partial charge on any atom is 0.335 e. The van der Waals surface area contributed by atoms with Crippen molar-refractivity contribution in [1.29, 1.82) is 0 Å². The van der Waals surface area contributed by atoms with E-state index in [-0.39, 0.29) is 29.4 Å². The van der Waals surface area contributed by atoms with E-state index in [0.717, 1.165) is 19.5 Å². The number of nitrogens with zero attached hydrogens (tertiary/aromatic N) is 1. The zero-order valence-corrected chi connectivity index (χ0v) is 14.7. The SMILES string of the molecule is O=C(O)c1cc(Oc2ccc(C(=O)N3CCC3)cc2)c2c(c1)OC(C(F)F)C2. The van der Waals surface area contributed by atoms with E-state index in [2.05, 4.69) is 0 Å². The van der Waals surface area contributed by atoms with Gasteiger partial charge in [-0.15, -0.1) is 0 Å². The van der Waals surface area contributed by atoms with Crippen molar-refractivity contribution in [2.24, 2.45) is 0 Å². The summed E-state index contributed by atoms with van der Waals surface area (Å²) in [5.74, 6) is -0.665. The molecule has 2 aliphatic heterocycles. The fraction of sp³-hybridized carbons (Fsp3) is 0.300. The van der Waals surface area contributed by atoms with Crippen molar-refractivity contribution in [3.8, 4) is 17.2 Å². The summed E-state index contributed by atoms with van der Waals surface area (Å²) in [5, 5.41) is 9.26. The molecule has 146 valence electrons. The van der Waals surface area contributed by atoms with Gasteiger partial charge in [-0.1, -0.05) is 0 Å². The lowest BCUT2D eigenvalue weighted by molar-refractivity contribution is 0.0245. The lowest BCUT2D eigenvalue weighted by atomic mass is 10.1. The number of aromatic carboxylic acids is 1. The van der Waals surface area contributed by atoms with Gasteiger partial charge in [-0.25, -0.2) is 13.6 Å². The molecule has 1 fully saturated rings. The molecule has 4 rings (SSSR count). The van der Waals surface area contributed by atoms with Crippen LogP contribution in [0.4, 0.5) is 8.78 Å². The van der Waals surface area contributed by atoms with Gasteiger partial charge in [0.25, 0.3) is 12.3 Å². The average Bonchev–Trinajstić information content (AvgIpc) is 3.05. The summed E-state index contributed by atoms with van der Waals surface area (Å²) in [6.45, 7) is 1.49. The van der Waals surface area contributed by atoms with E-state index in [1.807, 2.05) is 0 Å². The molecule has 2 heterocycles. The van der Waals surface area contributed by atoms with E-state index >= 15 is 0 Å². The molecule has 2 aromatic rings. The van der Waals surface area contributed by atoms with Crippen molar-refractivity contribution in [2.75, 3.05) is 13.1 Å². The van der Waals surface area contributed by atoms with E-state index in [1.165, 1.54) is 12.1 Å². The number of halogens is 2. The molecule has 1 atom stereocenters. The molecule has 1 unspecified atom stereocenters. The maximum atomic E-state index is 13.0. The molecule has 0 aromatic heterocycles. The molecular weight excluding hydrogens is 372 g/mol. The Morgan fingerprint density at radius 1 is 1.14 bits per heavy atom. The summed E-state index contributed by atoms with van der Waals surface area (Å²) in [4.78, 5) is 25.3. The topological polar surface area (TPSA) is 76.1 Å². The number of fused-ring (bicyclic) bond motifs is 1. The number of carbonyl (C=O) groups excluding carboxylic acids is 1. The third-order valence-corrected chi connectivity index (χ3v) is 4.85. The van der Waals surface area contributed by atoms with Crippen LogP contribution in [0.25, 0.3) is 0 Å². The van der Waals surface area contributed by atoms with Gasteiger partial charge in [0, 0.05) is 30.6 Å². The standard InChI is InChI=1S/C20H17F2NO5/c21-18(22)17-10-14-15(8-12(20(25)26)9-16(14)28-17)27-13-4-2-11(3-5-13)19(24)23-6-1-7-23/h2-5,8-9,17-18H,1,6-7,10H2,(H,25,26). The van der Waals surface area contributed by atoms with E-state index in [1.54, 1.807) is 29.2 Å². The molecule has 2 aliphatic rings. The molecule has 0 aliphatic carbocycles. The van der Waals surface area contributed by atoms with Crippen LogP contribution in [0.1, 0.15) is 32.7 Å². The minimum absolute atomic E-state index is 0.0558. The van der Waals surface area contributed by atoms with Crippen molar-refractivity contribution in [2.45, 2.75) is 25.4 Å². The predicted octanol–water partition coefficient (Wildman–Crippen LogP) is 3.59. The van der Waals surface area contributed by atoms with E-state index in [9.17, 15) is 23.5 Å². The molecule has 2 aromatic carbocycles. The molecule has 6 nitrogen and oxygen atoms in total. The smallest absolute Gasteiger partial charge is 0.335 e. The number of hydrogen-bond donors (Lipinski definition) is 1. The Morgan fingerprint density at radius 2 is 1.86 bits per heavy atom. The molecule has 0 bridgehead atoms. The first kappa shape index (κ1) is 18.2. The minimum Gasteiger partial charge on any atom is -0.484 e. The second kappa shape index (κ2) is 7.10. The third-order valence-electron chi connectivity index (χ3n) is 4.85. The fourth-order valence-electron chi connectivity index (χ4n) is 3.18. The van der Waals surface area contributed by atoms with Crippen LogP contribution in [-0.4, -0.2) is 47.5 Å². The van der Waals surface area contributed by atoms with Crippen LogP contribution >= 0.6 is 0 Å². The van der Waals surface area contributed by atoms with Gasteiger partial charge >= 0.3 is 5.97 Å². The Kier molecular flexibility index (Phi) is 4.62. The molecule has 0 radical (unpaired) electrons. The predicted molar refractivity (Wildman–Crippen MR) is 94.6 cm³/mol. The Labute approximate surface area is 159 Å². The van der Waals surface area contributed by atoms with E-state index in [0.29, 0.717) is 16.9 Å². The fourth-order valence-corrected chi connectivity index (χ4v) is 3.18. The lowest BCUT2D eigenvalue weighted by Crippen LogP contribution is -2.41.